The SMILES string of the molecule is CCCCCCCCOC1OC(COCC(O)CO)C(OCC(O)CO)C(OC2OC(C)C(O)C(O)C2O)C1NC(C)=O. The van der Waals surface area contributed by atoms with Crippen LogP contribution in [-0.2, 0) is 33.2 Å². The summed E-state index contributed by atoms with van der Waals surface area (Å²) in [4.78, 5) is 12.3. The number of ether oxygens (including phenoxy) is 6. The van der Waals surface area contributed by atoms with Crippen LogP contribution >= 0.6 is 0 Å². The monoisotopic (exact) mass is 627 g/mol. The highest BCUT2D eigenvalue weighted by Crippen LogP contribution is 2.32. The van der Waals surface area contributed by atoms with Crippen LogP contribution in [0.2, 0.25) is 0 Å². The van der Waals surface area contributed by atoms with Crippen molar-refractivity contribution in [3.63, 3.8) is 0 Å². The van der Waals surface area contributed by atoms with Gasteiger partial charge in [-0.3, -0.25) is 4.79 Å². The molecule has 15 heteroatoms. The van der Waals surface area contributed by atoms with Crippen LogP contribution in [0.4, 0.5) is 0 Å². The summed E-state index contributed by atoms with van der Waals surface area (Å²) in [6.07, 6.45) is -7.81. The van der Waals surface area contributed by atoms with Crippen LogP contribution in [0, 0.1) is 0 Å². The third-order valence-electron chi connectivity index (χ3n) is 7.39. The summed E-state index contributed by atoms with van der Waals surface area (Å²) >= 11 is 0. The van der Waals surface area contributed by atoms with E-state index in [1.165, 1.54) is 13.8 Å². The average Bonchev–Trinajstić information content (AvgIpc) is 2.98. The summed E-state index contributed by atoms with van der Waals surface area (Å²) in [5.41, 5.74) is 0. The molecule has 12 unspecified atom stereocenters. The summed E-state index contributed by atoms with van der Waals surface area (Å²) in [5.74, 6) is -0.459. The van der Waals surface area contributed by atoms with Gasteiger partial charge < -0.3 is 69.5 Å². The Balaban J connectivity index is 2.36. The predicted molar refractivity (Wildman–Crippen MR) is 150 cm³/mol. The van der Waals surface area contributed by atoms with Gasteiger partial charge in [-0.05, 0) is 13.3 Å². The van der Waals surface area contributed by atoms with Crippen molar-refractivity contribution < 1.29 is 69.0 Å². The Morgan fingerprint density at radius 3 is 2.14 bits per heavy atom. The van der Waals surface area contributed by atoms with Crippen molar-refractivity contribution in [2.45, 2.75) is 133 Å². The molecule has 12 atom stereocenters. The fourth-order valence-corrected chi connectivity index (χ4v) is 4.94. The predicted octanol–water partition coefficient (Wildman–Crippen LogP) is -2.09. The molecule has 15 nitrogen and oxygen atoms in total. The quantitative estimate of drug-likeness (QED) is 0.0678. The number of hydrogen-bond donors (Lipinski definition) is 8. The molecular weight excluding hydrogens is 574 g/mol. The topological polar surface area (TPSA) is 226 Å². The number of rotatable bonds is 20. The molecule has 1 amide bonds. The van der Waals surface area contributed by atoms with E-state index < -0.39 is 92.7 Å². The van der Waals surface area contributed by atoms with Gasteiger partial charge >= 0.3 is 0 Å². The van der Waals surface area contributed by atoms with Crippen molar-refractivity contribution in [2.75, 3.05) is 39.6 Å². The summed E-state index contributed by atoms with van der Waals surface area (Å²) < 4.78 is 35.6. The molecule has 0 bridgehead atoms. The number of hydrogen-bond acceptors (Lipinski definition) is 14. The lowest BCUT2D eigenvalue weighted by Crippen LogP contribution is -2.68. The van der Waals surface area contributed by atoms with Crippen LogP contribution in [0.15, 0.2) is 0 Å². The van der Waals surface area contributed by atoms with Gasteiger partial charge in [0.1, 0.15) is 54.9 Å². The molecule has 0 radical (unpaired) electrons. The Morgan fingerprint density at radius 2 is 1.49 bits per heavy atom. The van der Waals surface area contributed by atoms with Crippen LogP contribution in [0.25, 0.3) is 0 Å². The van der Waals surface area contributed by atoms with Crippen molar-refractivity contribution >= 4 is 5.91 Å². The maximum Gasteiger partial charge on any atom is 0.217 e. The number of aliphatic hydroxyl groups is 7. The highest BCUT2D eigenvalue weighted by atomic mass is 16.7. The van der Waals surface area contributed by atoms with E-state index in [4.69, 9.17) is 33.5 Å². The van der Waals surface area contributed by atoms with Crippen molar-refractivity contribution in [1.29, 1.82) is 0 Å². The van der Waals surface area contributed by atoms with Gasteiger partial charge in [0, 0.05) is 13.5 Å². The number of carbonyl (C=O) groups excluding carboxylic acids is 1. The second-order valence-corrected chi connectivity index (χ2v) is 11.2. The first-order valence-corrected chi connectivity index (χ1v) is 15.2. The van der Waals surface area contributed by atoms with Gasteiger partial charge in [-0.15, -0.1) is 0 Å². The Morgan fingerprint density at radius 1 is 0.837 bits per heavy atom. The Hall–Kier alpha value is -1.05. The van der Waals surface area contributed by atoms with Gasteiger partial charge in [-0.25, -0.2) is 0 Å². The first-order valence-electron chi connectivity index (χ1n) is 15.2. The maximum atomic E-state index is 12.3. The van der Waals surface area contributed by atoms with E-state index in [2.05, 4.69) is 12.2 Å². The van der Waals surface area contributed by atoms with E-state index >= 15 is 0 Å². The molecule has 2 aliphatic rings. The molecule has 2 rings (SSSR count). The number of nitrogens with one attached hydrogen (secondary N) is 1. The zero-order valence-electron chi connectivity index (χ0n) is 25.4. The van der Waals surface area contributed by atoms with Gasteiger partial charge in [0.15, 0.2) is 12.6 Å². The molecule has 254 valence electrons. The molecule has 2 heterocycles. The zero-order chi connectivity index (χ0) is 31.9. The van der Waals surface area contributed by atoms with Gasteiger partial charge in [0.2, 0.25) is 5.91 Å². The van der Waals surface area contributed by atoms with Crippen molar-refractivity contribution in [3.05, 3.63) is 0 Å². The third kappa shape index (κ3) is 12.3. The Kier molecular flexibility index (Phi) is 17.9. The molecule has 0 aromatic rings. The molecule has 0 saturated carbocycles. The molecule has 0 spiro atoms. The molecule has 2 fully saturated rings. The summed E-state index contributed by atoms with van der Waals surface area (Å²) in [6.45, 7) is 3.25. The number of amides is 1. The van der Waals surface area contributed by atoms with Crippen LogP contribution in [0.3, 0.4) is 0 Å². The first kappa shape index (κ1) is 38.1. The van der Waals surface area contributed by atoms with Gasteiger partial charge in [-0.2, -0.15) is 0 Å². The molecule has 2 saturated heterocycles. The van der Waals surface area contributed by atoms with Gasteiger partial charge in [0.25, 0.3) is 0 Å². The van der Waals surface area contributed by atoms with E-state index in [9.17, 15) is 35.4 Å². The summed E-state index contributed by atoms with van der Waals surface area (Å²) in [7, 11) is 0. The standard InChI is InChI=1S/C28H53NO14/c1-4-5-6-7-8-9-10-39-27-21(29-17(3)32)26(43-28-24(37)23(36)22(35)16(2)41-28)25(40-14-19(34)12-31)20(42-27)15-38-13-18(33)11-30/h16,18-28,30-31,33-37H,4-15H2,1-3H3,(H,29,32). The molecule has 8 N–H and O–H groups in total. The third-order valence-corrected chi connectivity index (χ3v) is 7.39. The molecule has 0 aromatic carbocycles. The molecular formula is C28H53NO14. The smallest absolute Gasteiger partial charge is 0.217 e. The van der Waals surface area contributed by atoms with Crippen LogP contribution in [-0.4, -0.2) is 155 Å². The van der Waals surface area contributed by atoms with Gasteiger partial charge in [0.05, 0.1) is 39.1 Å². The molecule has 2 aliphatic heterocycles. The first-order chi connectivity index (χ1) is 20.5. The van der Waals surface area contributed by atoms with Gasteiger partial charge in [-0.1, -0.05) is 39.0 Å². The fourth-order valence-electron chi connectivity index (χ4n) is 4.94. The van der Waals surface area contributed by atoms with E-state index in [1.54, 1.807) is 0 Å². The minimum atomic E-state index is -1.67. The van der Waals surface area contributed by atoms with Crippen LogP contribution in [0.1, 0.15) is 59.3 Å². The summed E-state index contributed by atoms with van der Waals surface area (Å²) in [5, 5.41) is 72.3. The fraction of sp³-hybridized carbons (Fsp3) is 0.964. The van der Waals surface area contributed by atoms with Crippen molar-refractivity contribution in [1.82, 2.24) is 5.32 Å². The van der Waals surface area contributed by atoms with E-state index in [0.29, 0.717) is 0 Å². The lowest BCUT2D eigenvalue weighted by molar-refractivity contribution is -0.346. The second-order valence-electron chi connectivity index (χ2n) is 11.2. The summed E-state index contributed by atoms with van der Waals surface area (Å²) in [6, 6.07) is -1.04. The number of aliphatic hydroxyl groups excluding tert-OH is 7. The molecule has 0 aliphatic carbocycles. The molecule has 0 aromatic heterocycles. The van der Waals surface area contributed by atoms with Crippen LogP contribution in [0.5, 0.6) is 0 Å². The van der Waals surface area contributed by atoms with Crippen LogP contribution < -0.4 is 5.32 Å². The van der Waals surface area contributed by atoms with E-state index in [1.807, 2.05) is 0 Å². The second kappa shape index (κ2) is 20.2. The zero-order valence-corrected chi connectivity index (χ0v) is 25.4. The highest BCUT2D eigenvalue weighted by Gasteiger charge is 2.52. The Bertz CT molecular complexity index is 765. The maximum absolute atomic E-state index is 12.3. The number of unbranched alkanes of at least 4 members (excludes halogenated alkanes) is 5. The van der Waals surface area contributed by atoms with Crippen molar-refractivity contribution in [2.24, 2.45) is 0 Å². The number of carbonyl (C=O) groups is 1. The lowest BCUT2D eigenvalue weighted by atomic mass is 9.95. The highest BCUT2D eigenvalue weighted by molar-refractivity contribution is 5.73. The lowest BCUT2D eigenvalue weighted by Gasteiger charge is -2.48. The van der Waals surface area contributed by atoms with E-state index in [0.717, 1.165) is 38.5 Å². The normalized spacial score (nSPS) is 34.6. The molecule has 43 heavy (non-hydrogen) atoms. The van der Waals surface area contributed by atoms with Crippen molar-refractivity contribution in [3.8, 4) is 0 Å². The minimum Gasteiger partial charge on any atom is -0.394 e. The average molecular weight is 628 g/mol. The minimum absolute atomic E-state index is 0.202. The van der Waals surface area contributed by atoms with E-state index in [-0.39, 0.29) is 26.4 Å². The Labute approximate surface area is 253 Å². The largest absolute Gasteiger partial charge is 0.394 e.